The highest BCUT2D eigenvalue weighted by Gasteiger charge is 2.10. The summed E-state index contributed by atoms with van der Waals surface area (Å²) in [7, 11) is 0. The molecule has 0 aliphatic heterocycles. The largest absolute Gasteiger partial charge is 0.514 e. The number of rotatable bonds is 6. The van der Waals surface area contributed by atoms with Crippen molar-refractivity contribution in [3.63, 3.8) is 0 Å². The highest BCUT2D eigenvalue weighted by atomic mass is 16.7. The Morgan fingerprint density at radius 3 is 2.00 bits per heavy atom. The van der Waals surface area contributed by atoms with Crippen molar-refractivity contribution < 1.29 is 28.7 Å². The number of nitro groups is 1. The summed E-state index contributed by atoms with van der Waals surface area (Å²) in [5, 5.41) is 10.6. The molecule has 0 aliphatic rings. The second kappa shape index (κ2) is 9.14. The summed E-state index contributed by atoms with van der Waals surface area (Å²) in [5.41, 5.74) is 0.984. The van der Waals surface area contributed by atoms with Crippen LogP contribution in [0.15, 0.2) is 78.9 Å². The molecule has 0 N–H and O–H groups in total. The topological polar surface area (TPSA) is 105 Å². The smallest absolute Gasteiger partial charge is 0.429 e. The van der Waals surface area contributed by atoms with Gasteiger partial charge in [-0.3, -0.25) is 10.1 Å². The lowest BCUT2D eigenvalue weighted by atomic mass is 10.2. The van der Waals surface area contributed by atoms with Crippen molar-refractivity contribution in [3.05, 3.63) is 100 Å². The Hall–Kier alpha value is -4.20. The number of nitro benzene ring substituents is 1. The Bertz CT molecular complexity index is 999. The van der Waals surface area contributed by atoms with Crippen LogP contribution < -0.4 is 9.47 Å². The van der Waals surface area contributed by atoms with Gasteiger partial charge in [-0.1, -0.05) is 30.3 Å². The average Bonchev–Trinajstić information content (AvgIpc) is 2.74. The molecule has 8 heteroatoms. The van der Waals surface area contributed by atoms with Crippen molar-refractivity contribution in [1.29, 1.82) is 0 Å². The molecule has 3 aromatic rings. The molecule has 0 saturated heterocycles. The molecular weight excluding hydrogens is 378 g/mol. The summed E-state index contributed by atoms with van der Waals surface area (Å²) >= 11 is 0. The van der Waals surface area contributed by atoms with E-state index in [9.17, 15) is 19.7 Å². The number of esters is 1. The lowest BCUT2D eigenvalue weighted by molar-refractivity contribution is -0.384. The van der Waals surface area contributed by atoms with Crippen LogP contribution in [0, 0.1) is 10.1 Å². The van der Waals surface area contributed by atoms with E-state index in [0.29, 0.717) is 16.9 Å². The van der Waals surface area contributed by atoms with E-state index >= 15 is 0 Å². The number of hydrogen-bond acceptors (Lipinski definition) is 7. The van der Waals surface area contributed by atoms with Gasteiger partial charge in [0, 0.05) is 12.1 Å². The van der Waals surface area contributed by atoms with E-state index in [-0.39, 0.29) is 18.0 Å². The summed E-state index contributed by atoms with van der Waals surface area (Å²) in [4.78, 5) is 33.8. The first kappa shape index (κ1) is 19.6. The van der Waals surface area contributed by atoms with Crippen molar-refractivity contribution >= 4 is 17.8 Å². The van der Waals surface area contributed by atoms with Crippen LogP contribution in [0.3, 0.4) is 0 Å². The van der Waals surface area contributed by atoms with Crippen LogP contribution in [0.1, 0.15) is 15.9 Å². The van der Waals surface area contributed by atoms with E-state index in [4.69, 9.17) is 14.2 Å². The molecule has 0 unspecified atom stereocenters. The Labute approximate surface area is 165 Å². The molecule has 0 aliphatic carbocycles. The SMILES string of the molecule is O=C(OCc1ccc(OC(=O)c2ccccc2)cc1)Oc1ccc([N+](=O)[O-])cc1. The first-order valence-corrected chi connectivity index (χ1v) is 8.46. The maximum absolute atomic E-state index is 12.0. The lowest BCUT2D eigenvalue weighted by Gasteiger charge is -2.07. The van der Waals surface area contributed by atoms with E-state index in [0.717, 1.165) is 0 Å². The van der Waals surface area contributed by atoms with Crippen LogP contribution in [-0.4, -0.2) is 17.0 Å². The highest BCUT2D eigenvalue weighted by molar-refractivity contribution is 5.90. The standard InChI is InChI=1S/C21H15NO7/c23-20(16-4-2-1-3-5-16)28-18-10-6-15(7-11-18)14-27-21(24)29-19-12-8-17(9-13-19)22(25)26/h1-13H,14H2. The quantitative estimate of drug-likeness (QED) is 0.199. The first-order valence-electron chi connectivity index (χ1n) is 8.46. The van der Waals surface area contributed by atoms with Gasteiger partial charge < -0.3 is 14.2 Å². The molecule has 0 radical (unpaired) electrons. The van der Waals surface area contributed by atoms with Crippen LogP contribution in [-0.2, 0) is 11.3 Å². The fraction of sp³-hybridized carbons (Fsp3) is 0.0476. The molecule has 0 bridgehead atoms. The van der Waals surface area contributed by atoms with Crippen molar-refractivity contribution in [2.24, 2.45) is 0 Å². The Kier molecular flexibility index (Phi) is 6.16. The number of carbonyl (C=O) groups is 2. The average molecular weight is 393 g/mol. The third kappa shape index (κ3) is 5.64. The number of ether oxygens (including phenoxy) is 3. The minimum absolute atomic E-state index is 0.0568. The zero-order valence-corrected chi connectivity index (χ0v) is 15.0. The van der Waals surface area contributed by atoms with Gasteiger partial charge in [-0.2, -0.15) is 0 Å². The van der Waals surface area contributed by atoms with E-state index in [2.05, 4.69) is 0 Å². The monoisotopic (exact) mass is 393 g/mol. The van der Waals surface area contributed by atoms with Gasteiger partial charge in [0.1, 0.15) is 18.1 Å². The van der Waals surface area contributed by atoms with Gasteiger partial charge in [-0.25, -0.2) is 9.59 Å². The first-order chi connectivity index (χ1) is 14.0. The molecule has 0 saturated carbocycles. The van der Waals surface area contributed by atoms with Gasteiger partial charge in [-0.05, 0) is 42.0 Å². The summed E-state index contributed by atoms with van der Waals surface area (Å²) in [5.74, 6) is 0.0149. The summed E-state index contributed by atoms with van der Waals surface area (Å²) in [6.45, 7) is -0.0568. The molecule has 0 aromatic heterocycles. The molecule has 0 fully saturated rings. The maximum Gasteiger partial charge on any atom is 0.514 e. The van der Waals surface area contributed by atoms with Gasteiger partial charge in [0.05, 0.1) is 10.5 Å². The van der Waals surface area contributed by atoms with Crippen LogP contribution in [0.2, 0.25) is 0 Å². The Balaban J connectivity index is 1.48. The number of hydrogen-bond donors (Lipinski definition) is 0. The number of benzene rings is 3. The number of carbonyl (C=O) groups excluding carboxylic acids is 2. The molecule has 0 amide bonds. The summed E-state index contributed by atoms with van der Waals surface area (Å²) < 4.78 is 15.2. The van der Waals surface area contributed by atoms with Crippen molar-refractivity contribution in [2.45, 2.75) is 6.61 Å². The second-order valence-corrected chi connectivity index (χ2v) is 5.79. The number of non-ortho nitro benzene ring substituents is 1. The van der Waals surface area contributed by atoms with E-state index in [1.807, 2.05) is 0 Å². The highest BCUT2D eigenvalue weighted by Crippen LogP contribution is 2.18. The van der Waals surface area contributed by atoms with Crippen molar-refractivity contribution in [2.75, 3.05) is 0 Å². The van der Waals surface area contributed by atoms with Crippen molar-refractivity contribution in [1.82, 2.24) is 0 Å². The third-order valence-electron chi connectivity index (χ3n) is 3.75. The molecule has 146 valence electrons. The van der Waals surface area contributed by atoms with E-state index in [1.165, 1.54) is 24.3 Å². The minimum Gasteiger partial charge on any atom is -0.429 e. The van der Waals surface area contributed by atoms with Gasteiger partial charge in [0.2, 0.25) is 0 Å². The normalized spacial score (nSPS) is 10.1. The Morgan fingerprint density at radius 1 is 0.793 bits per heavy atom. The van der Waals surface area contributed by atoms with Crippen LogP contribution in [0.4, 0.5) is 10.5 Å². The number of nitrogens with zero attached hydrogens (tertiary/aromatic N) is 1. The Morgan fingerprint density at radius 2 is 1.38 bits per heavy atom. The molecule has 3 rings (SSSR count). The molecule has 3 aromatic carbocycles. The molecular formula is C21H15NO7. The summed E-state index contributed by atoms with van der Waals surface area (Å²) in [6, 6.07) is 20.1. The zero-order chi connectivity index (χ0) is 20.6. The van der Waals surface area contributed by atoms with Crippen LogP contribution in [0.25, 0.3) is 0 Å². The molecule has 0 atom stereocenters. The molecule has 0 heterocycles. The van der Waals surface area contributed by atoms with E-state index in [1.54, 1.807) is 54.6 Å². The van der Waals surface area contributed by atoms with Gasteiger partial charge in [0.25, 0.3) is 5.69 Å². The molecule has 8 nitrogen and oxygen atoms in total. The van der Waals surface area contributed by atoms with Gasteiger partial charge in [-0.15, -0.1) is 0 Å². The fourth-order valence-electron chi connectivity index (χ4n) is 2.30. The predicted molar refractivity (Wildman–Crippen MR) is 102 cm³/mol. The molecule has 29 heavy (non-hydrogen) atoms. The van der Waals surface area contributed by atoms with Gasteiger partial charge in [0.15, 0.2) is 0 Å². The second-order valence-electron chi connectivity index (χ2n) is 5.79. The summed E-state index contributed by atoms with van der Waals surface area (Å²) in [6.07, 6.45) is -0.946. The van der Waals surface area contributed by atoms with Crippen LogP contribution >= 0.6 is 0 Å². The van der Waals surface area contributed by atoms with Crippen LogP contribution in [0.5, 0.6) is 11.5 Å². The molecule has 0 spiro atoms. The zero-order valence-electron chi connectivity index (χ0n) is 15.0. The van der Waals surface area contributed by atoms with Crippen molar-refractivity contribution in [3.8, 4) is 11.5 Å². The lowest BCUT2D eigenvalue weighted by Crippen LogP contribution is -2.10. The predicted octanol–water partition coefficient (Wildman–Crippen LogP) is 4.53. The van der Waals surface area contributed by atoms with Gasteiger partial charge >= 0.3 is 12.1 Å². The maximum atomic E-state index is 12.0. The minimum atomic E-state index is -0.946. The van der Waals surface area contributed by atoms with E-state index < -0.39 is 17.0 Å². The third-order valence-corrected chi connectivity index (χ3v) is 3.75. The fourth-order valence-corrected chi connectivity index (χ4v) is 2.30.